The van der Waals surface area contributed by atoms with Crippen LogP contribution in [0, 0.1) is 12.3 Å². The van der Waals surface area contributed by atoms with Gasteiger partial charge in [-0.05, 0) is 43.2 Å². The fraction of sp³-hybridized carbons (Fsp3) is 0.440. The Kier molecular flexibility index (Phi) is 5.23. The number of carbonyl (C=O) groups excluding carboxylic acids is 1. The Morgan fingerprint density at radius 2 is 2.03 bits per heavy atom. The molecule has 4 aromatic heterocycles. The van der Waals surface area contributed by atoms with Gasteiger partial charge in [-0.15, -0.1) is 10.2 Å². The van der Waals surface area contributed by atoms with Gasteiger partial charge in [0.05, 0.1) is 34.7 Å². The first-order valence-corrected chi connectivity index (χ1v) is 12.7. The summed E-state index contributed by atoms with van der Waals surface area (Å²) in [7, 11) is 0. The zero-order valence-electron chi connectivity index (χ0n) is 21.1. The summed E-state index contributed by atoms with van der Waals surface area (Å²) in [5.41, 5.74) is 1.52. The number of aryl methyl sites for hydroxylation is 1. The van der Waals surface area contributed by atoms with Gasteiger partial charge in [0, 0.05) is 55.2 Å². The molecule has 4 aromatic rings. The maximum atomic E-state index is 13.3. The van der Waals surface area contributed by atoms with Crippen LogP contribution in [-0.2, 0) is 0 Å². The molecule has 202 valence electrons. The Morgan fingerprint density at radius 1 is 1.23 bits per heavy atom. The first-order valence-electron chi connectivity index (χ1n) is 12.7. The van der Waals surface area contributed by atoms with Crippen molar-refractivity contribution < 1.29 is 18.7 Å². The molecule has 1 spiro atoms. The molecule has 3 aliphatic rings. The number of anilines is 2. The molecule has 3 fully saturated rings. The van der Waals surface area contributed by atoms with E-state index in [1.807, 2.05) is 12.1 Å². The second-order valence-electron chi connectivity index (χ2n) is 10.9. The van der Waals surface area contributed by atoms with Crippen LogP contribution in [0.25, 0.3) is 16.9 Å². The second kappa shape index (κ2) is 8.48. The van der Waals surface area contributed by atoms with Gasteiger partial charge in [-0.3, -0.25) is 9.78 Å². The average Bonchev–Trinajstić information content (AvgIpc) is 3.48. The summed E-state index contributed by atoms with van der Waals surface area (Å²) in [5.74, 6) is 0.0821. The zero-order valence-corrected chi connectivity index (χ0v) is 21.1. The van der Waals surface area contributed by atoms with Crippen molar-refractivity contribution in [2.45, 2.75) is 37.8 Å². The summed E-state index contributed by atoms with van der Waals surface area (Å²) in [4.78, 5) is 21.4. The number of nitrogens with one attached hydrogen (secondary N) is 2. The maximum Gasteiger partial charge on any atom is 0.266 e. The number of nitrogens with zero attached hydrogens (tertiary/aromatic N) is 8. The molecular weight excluding hydrogens is 510 g/mol. The van der Waals surface area contributed by atoms with Gasteiger partial charge in [-0.2, -0.15) is 9.90 Å². The number of fused-ring (bicyclic) bond motifs is 1. The fourth-order valence-electron chi connectivity index (χ4n) is 5.82. The number of carbonyl (C=O) groups is 1. The molecule has 1 aliphatic carbocycles. The molecule has 12 nitrogen and oxygen atoms in total. The van der Waals surface area contributed by atoms with Gasteiger partial charge in [0.2, 0.25) is 5.82 Å². The van der Waals surface area contributed by atoms with E-state index in [1.165, 1.54) is 6.20 Å². The summed E-state index contributed by atoms with van der Waals surface area (Å²) in [5, 5.41) is 33.1. The van der Waals surface area contributed by atoms with Gasteiger partial charge >= 0.3 is 0 Å². The number of aromatic nitrogens is 7. The minimum atomic E-state index is -2.73. The molecule has 6 heterocycles. The van der Waals surface area contributed by atoms with Crippen molar-refractivity contribution in [2.75, 3.05) is 36.4 Å². The molecule has 0 aromatic carbocycles. The minimum absolute atomic E-state index is 0.104. The Balaban J connectivity index is 1.08. The second-order valence-corrected chi connectivity index (χ2v) is 10.9. The van der Waals surface area contributed by atoms with Crippen LogP contribution in [0.3, 0.4) is 0 Å². The van der Waals surface area contributed by atoms with E-state index in [0.717, 1.165) is 18.8 Å². The van der Waals surface area contributed by atoms with E-state index in [1.54, 1.807) is 34.7 Å². The van der Waals surface area contributed by atoms with Gasteiger partial charge in [-0.25, -0.2) is 13.3 Å². The third kappa shape index (κ3) is 3.93. The average molecular weight is 537 g/mol. The number of hydrogen-bond donors (Lipinski definition) is 3. The number of alkyl halides is 2. The topological polar surface area (TPSA) is 138 Å². The summed E-state index contributed by atoms with van der Waals surface area (Å²) < 4.78 is 27.7. The highest BCUT2D eigenvalue weighted by molar-refractivity contribution is 6.09. The van der Waals surface area contributed by atoms with Crippen molar-refractivity contribution in [3.8, 4) is 11.4 Å². The van der Waals surface area contributed by atoms with E-state index in [0.29, 0.717) is 46.9 Å². The number of pyridine rings is 2. The normalized spacial score (nSPS) is 19.7. The van der Waals surface area contributed by atoms with E-state index in [9.17, 15) is 18.7 Å². The molecule has 3 N–H and O–H groups in total. The van der Waals surface area contributed by atoms with Crippen molar-refractivity contribution in [1.29, 1.82) is 0 Å². The quantitative estimate of drug-likeness (QED) is 0.336. The van der Waals surface area contributed by atoms with Crippen LogP contribution >= 0.6 is 0 Å². The smallest absolute Gasteiger partial charge is 0.266 e. The molecule has 1 saturated carbocycles. The number of aliphatic hydroxyl groups is 1. The summed E-state index contributed by atoms with van der Waals surface area (Å²) in [6, 6.07) is 5.70. The highest BCUT2D eigenvalue weighted by atomic mass is 19.3. The third-order valence-corrected chi connectivity index (χ3v) is 8.04. The monoisotopic (exact) mass is 536 g/mol. The number of rotatable bonds is 6. The SMILES string of the molecule is Cc1ncc(-c2nnn(C3CNC3)n2)cc1NC(=O)c1cnn2ccc(N3CC4(C3)CC(O)(C(F)F)C4)cc12. The molecule has 0 atom stereocenters. The Morgan fingerprint density at radius 3 is 2.74 bits per heavy atom. The third-order valence-electron chi connectivity index (χ3n) is 8.04. The van der Waals surface area contributed by atoms with Crippen LogP contribution in [0.1, 0.15) is 34.9 Å². The van der Waals surface area contributed by atoms with Crippen LogP contribution in [0.5, 0.6) is 0 Å². The Labute approximate surface area is 221 Å². The lowest BCUT2D eigenvalue weighted by Crippen LogP contribution is -2.70. The molecule has 2 saturated heterocycles. The van der Waals surface area contributed by atoms with E-state index in [2.05, 4.69) is 41.0 Å². The van der Waals surface area contributed by atoms with E-state index in [4.69, 9.17) is 0 Å². The first-order chi connectivity index (χ1) is 18.7. The van der Waals surface area contributed by atoms with Crippen molar-refractivity contribution >= 4 is 22.8 Å². The minimum Gasteiger partial charge on any atom is -0.384 e. The zero-order chi connectivity index (χ0) is 26.9. The number of halogens is 2. The van der Waals surface area contributed by atoms with Gasteiger partial charge in [0.25, 0.3) is 12.3 Å². The molecule has 2 aliphatic heterocycles. The standard InChI is InChI=1S/C25H26F2N10O2/c1-14-19(4-15(6-29-14)21-32-34-37(33-21)17-7-28-8-17)31-22(38)18-9-30-36-3-2-16(5-20(18)36)35-12-24(13-35)10-25(39,11-24)23(26)27/h2-6,9,17,23,28,39H,7-8,10-13H2,1H3,(H,31,38). The van der Waals surface area contributed by atoms with Crippen LogP contribution in [-0.4, -0.2) is 84.0 Å². The fourth-order valence-corrected chi connectivity index (χ4v) is 5.82. The molecular formula is C25H26F2N10O2. The van der Waals surface area contributed by atoms with Crippen molar-refractivity contribution in [3.63, 3.8) is 0 Å². The highest BCUT2D eigenvalue weighted by Gasteiger charge is 2.63. The molecule has 39 heavy (non-hydrogen) atoms. The molecule has 14 heteroatoms. The summed E-state index contributed by atoms with van der Waals surface area (Å²) in [6.45, 7) is 4.56. The lowest BCUT2D eigenvalue weighted by atomic mass is 9.55. The van der Waals surface area contributed by atoms with Crippen molar-refractivity contribution in [2.24, 2.45) is 5.41 Å². The summed E-state index contributed by atoms with van der Waals surface area (Å²) >= 11 is 0. The van der Waals surface area contributed by atoms with Gasteiger partial charge in [0.15, 0.2) is 0 Å². The molecule has 7 rings (SSSR count). The maximum absolute atomic E-state index is 13.3. The van der Waals surface area contributed by atoms with Crippen LogP contribution < -0.4 is 15.5 Å². The molecule has 0 bridgehead atoms. The van der Waals surface area contributed by atoms with E-state index >= 15 is 0 Å². The number of tetrazole rings is 1. The van der Waals surface area contributed by atoms with Crippen LogP contribution in [0.15, 0.2) is 36.8 Å². The number of amides is 1. The van der Waals surface area contributed by atoms with Crippen molar-refractivity contribution in [3.05, 3.63) is 48.0 Å². The Bertz CT molecular complexity index is 1580. The summed E-state index contributed by atoms with van der Waals surface area (Å²) in [6.07, 6.45) is 2.41. The predicted octanol–water partition coefficient (Wildman–Crippen LogP) is 1.68. The van der Waals surface area contributed by atoms with Gasteiger partial charge in [0.1, 0.15) is 5.60 Å². The lowest BCUT2D eigenvalue weighted by molar-refractivity contribution is -0.209. The predicted molar refractivity (Wildman–Crippen MR) is 136 cm³/mol. The Hall–Kier alpha value is -4.04. The van der Waals surface area contributed by atoms with Gasteiger partial charge in [-0.1, -0.05) is 0 Å². The lowest BCUT2D eigenvalue weighted by Gasteiger charge is -2.62. The van der Waals surface area contributed by atoms with Gasteiger partial charge < -0.3 is 20.6 Å². The largest absolute Gasteiger partial charge is 0.384 e. The van der Waals surface area contributed by atoms with Crippen molar-refractivity contribution in [1.82, 2.24) is 40.1 Å². The first kappa shape index (κ1) is 24.0. The highest BCUT2D eigenvalue weighted by Crippen LogP contribution is 2.56. The molecule has 0 unspecified atom stereocenters. The molecule has 1 amide bonds. The molecule has 0 radical (unpaired) electrons. The van der Waals surface area contributed by atoms with E-state index in [-0.39, 0.29) is 30.2 Å². The van der Waals surface area contributed by atoms with E-state index < -0.39 is 12.0 Å². The van der Waals surface area contributed by atoms with Crippen LogP contribution in [0.4, 0.5) is 20.2 Å². The number of hydrogen-bond acceptors (Lipinski definition) is 9. The van der Waals surface area contributed by atoms with Crippen LogP contribution in [0.2, 0.25) is 0 Å².